The Hall–Kier alpha value is -1.48. The van der Waals surface area contributed by atoms with Gasteiger partial charge in [0.2, 0.25) is 0 Å². The number of benzene rings is 1. The van der Waals surface area contributed by atoms with Gasteiger partial charge in [0.25, 0.3) is 5.91 Å². The van der Waals surface area contributed by atoms with Crippen molar-refractivity contribution in [2.45, 2.75) is 25.7 Å². The number of halogens is 1. The average Bonchev–Trinajstić information content (AvgIpc) is 2.46. The van der Waals surface area contributed by atoms with E-state index < -0.39 is 0 Å². The van der Waals surface area contributed by atoms with E-state index in [1.165, 1.54) is 0 Å². The van der Waals surface area contributed by atoms with Crippen molar-refractivity contribution in [1.29, 1.82) is 0 Å². The van der Waals surface area contributed by atoms with Gasteiger partial charge in [0.15, 0.2) is 0 Å². The first-order valence-corrected chi connectivity index (χ1v) is 7.18. The third-order valence-electron chi connectivity index (χ3n) is 3.15. The Morgan fingerprint density at radius 3 is 2.80 bits per heavy atom. The van der Waals surface area contributed by atoms with Gasteiger partial charge in [-0.3, -0.25) is 4.79 Å². The predicted molar refractivity (Wildman–Crippen MR) is 83.6 cm³/mol. The van der Waals surface area contributed by atoms with E-state index in [0.717, 1.165) is 32.2 Å². The molecule has 0 N–H and O–H groups in total. The van der Waals surface area contributed by atoms with Crippen LogP contribution < -0.4 is 4.74 Å². The number of methoxy groups -OCH3 is 1. The Labute approximate surface area is 126 Å². The Morgan fingerprint density at radius 2 is 2.15 bits per heavy atom. The SMILES string of the molecule is C=CCCCCCN(C)C(=O)c1ccc(Cl)c(OC)c1. The molecule has 20 heavy (non-hydrogen) atoms. The summed E-state index contributed by atoms with van der Waals surface area (Å²) in [5, 5.41) is 0.510. The van der Waals surface area contributed by atoms with Crippen LogP contribution in [-0.4, -0.2) is 31.5 Å². The normalized spacial score (nSPS) is 10.2. The summed E-state index contributed by atoms with van der Waals surface area (Å²) < 4.78 is 5.13. The number of hydrogen-bond donors (Lipinski definition) is 0. The van der Waals surface area contributed by atoms with Gasteiger partial charge in [-0.05, 0) is 37.5 Å². The zero-order chi connectivity index (χ0) is 15.0. The molecule has 1 rings (SSSR count). The summed E-state index contributed by atoms with van der Waals surface area (Å²) in [5.41, 5.74) is 0.597. The van der Waals surface area contributed by atoms with E-state index in [1.807, 2.05) is 13.1 Å². The minimum absolute atomic E-state index is 0.0105. The summed E-state index contributed by atoms with van der Waals surface area (Å²) in [6.45, 7) is 4.45. The number of unbranched alkanes of at least 4 members (excludes halogenated alkanes) is 3. The summed E-state index contributed by atoms with van der Waals surface area (Å²) in [6, 6.07) is 5.09. The molecule has 0 unspecified atom stereocenters. The highest BCUT2D eigenvalue weighted by molar-refractivity contribution is 6.32. The van der Waals surface area contributed by atoms with Crippen molar-refractivity contribution in [3.8, 4) is 5.75 Å². The van der Waals surface area contributed by atoms with Crippen LogP contribution in [0.15, 0.2) is 30.9 Å². The Bertz CT molecular complexity index is 460. The molecule has 1 aromatic rings. The number of nitrogens with zero attached hydrogens (tertiary/aromatic N) is 1. The van der Waals surface area contributed by atoms with Crippen LogP contribution in [0.1, 0.15) is 36.0 Å². The van der Waals surface area contributed by atoms with E-state index in [0.29, 0.717) is 16.3 Å². The van der Waals surface area contributed by atoms with Gasteiger partial charge in [-0.15, -0.1) is 6.58 Å². The van der Waals surface area contributed by atoms with Crippen molar-refractivity contribution in [3.63, 3.8) is 0 Å². The molecule has 0 atom stereocenters. The number of carbonyl (C=O) groups excluding carboxylic acids is 1. The van der Waals surface area contributed by atoms with Crippen LogP contribution in [0.25, 0.3) is 0 Å². The quantitative estimate of drug-likeness (QED) is 0.532. The number of allylic oxidation sites excluding steroid dienone is 1. The van der Waals surface area contributed by atoms with Gasteiger partial charge in [-0.1, -0.05) is 24.1 Å². The Morgan fingerprint density at radius 1 is 1.40 bits per heavy atom. The summed E-state index contributed by atoms with van der Waals surface area (Å²) >= 11 is 5.95. The van der Waals surface area contributed by atoms with Crippen molar-refractivity contribution in [2.75, 3.05) is 20.7 Å². The zero-order valence-corrected chi connectivity index (χ0v) is 12.9. The molecule has 1 amide bonds. The second-order valence-electron chi connectivity index (χ2n) is 4.71. The number of ether oxygens (including phenoxy) is 1. The van der Waals surface area contributed by atoms with Crippen LogP contribution in [0.5, 0.6) is 5.75 Å². The lowest BCUT2D eigenvalue weighted by Crippen LogP contribution is -2.27. The average molecular weight is 296 g/mol. The van der Waals surface area contributed by atoms with Crippen LogP contribution in [0, 0.1) is 0 Å². The third kappa shape index (κ3) is 4.89. The molecule has 110 valence electrons. The highest BCUT2D eigenvalue weighted by Crippen LogP contribution is 2.25. The number of hydrogen-bond acceptors (Lipinski definition) is 2. The van der Waals surface area contributed by atoms with Crippen LogP contribution in [0.3, 0.4) is 0 Å². The second-order valence-corrected chi connectivity index (χ2v) is 5.12. The Balaban J connectivity index is 2.53. The first kappa shape index (κ1) is 16.6. The number of carbonyl (C=O) groups is 1. The summed E-state index contributed by atoms with van der Waals surface area (Å²) in [4.78, 5) is 14.0. The fourth-order valence-electron chi connectivity index (χ4n) is 1.93. The molecular weight excluding hydrogens is 274 g/mol. The van der Waals surface area contributed by atoms with Gasteiger partial charge in [0, 0.05) is 19.2 Å². The minimum Gasteiger partial charge on any atom is -0.495 e. The molecule has 0 aromatic heterocycles. The lowest BCUT2D eigenvalue weighted by Gasteiger charge is -2.17. The molecule has 0 saturated carbocycles. The molecule has 0 aliphatic heterocycles. The van der Waals surface area contributed by atoms with Crippen molar-refractivity contribution < 1.29 is 9.53 Å². The maximum absolute atomic E-state index is 12.3. The first-order chi connectivity index (χ1) is 9.60. The van der Waals surface area contributed by atoms with E-state index in [1.54, 1.807) is 30.2 Å². The summed E-state index contributed by atoms with van der Waals surface area (Å²) in [5.74, 6) is 0.514. The van der Waals surface area contributed by atoms with Crippen LogP contribution in [0.2, 0.25) is 5.02 Å². The first-order valence-electron chi connectivity index (χ1n) is 6.80. The standard InChI is InChI=1S/C16H22ClNO2/c1-4-5-6-7-8-11-18(2)16(19)13-9-10-14(17)15(12-13)20-3/h4,9-10,12H,1,5-8,11H2,2-3H3. The van der Waals surface area contributed by atoms with E-state index in [9.17, 15) is 4.79 Å². The highest BCUT2D eigenvalue weighted by Gasteiger charge is 2.13. The van der Waals surface area contributed by atoms with Crippen LogP contribution >= 0.6 is 11.6 Å². The third-order valence-corrected chi connectivity index (χ3v) is 3.46. The van der Waals surface area contributed by atoms with Gasteiger partial charge < -0.3 is 9.64 Å². The fraction of sp³-hybridized carbons (Fsp3) is 0.438. The minimum atomic E-state index is -0.0105. The highest BCUT2D eigenvalue weighted by atomic mass is 35.5. The molecule has 0 aliphatic rings. The van der Waals surface area contributed by atoms with Crippen LogP contribution in [-0.2, 0) is 0 Å². The van der Waals surface area contributed by atoms with Crippen LogP contribution in [0.4, 0.5) is 0 Å². The van der Waals surface area contributed by atoms with Crippen molar-refractivity contribution in [1.82, 2.24) is 4.90 Å². The molecule has 4 heteroatoms. The molecule has 0 spiro atoms. The molecule has 0 aliphatic carbocycles. The lowest BCUT2D eigenvalue weighted by atomic mass is 10.1. The van der Waals surface area contributed by atoms with Gasteiger partial charge >= 0.3 is 0 Å². The van der Waals surface area contributed by atoms with Crippen molar-refractivity contribution in [3.05, 3.63) is 41.4 Å². The molecule has 3 nitrogen and oxygen atoms in total. The smallest absolute Gasteiger partial charge is 0.253 e. The molecule has 0 bridgehead atoms. The van der Waals surface area contributed by atoms with E-state index in [4.69, 9.17) is 16.3 Å². The predicted octanol–water partition coefficient (Wildman–Crippen LogP) is 4.17. The number of amides is 1. The Kier molecular flexibility index (Phi) is 7.16. The largest absolute Gasteiger partial charge is 0.495 e. The molecule has 0 fully saturated rings. The van der Waals surface area contributed by atoms with E-state index in [-0.39, 0.29) is 5.91 Å². The molecule has 0 saturated heterocycles. The molecular formula is C16H22ClNO2. The van der Waals surface area contributed by atoms with Gasteiger partial charge in [0.05, 0.1) is 12.1 Å². The van der Waals surface area contributed by atoms with Gasteiger partial charge in [-0.25, -0.2) is 0 Å². The topological polar surface area (TPSA) is 29.5 Å². The zero-order valence-electron chi connectivity index (χ0n) is 12.2. The summed E-state index contributed by atoms with van der Waals surface area (Å²) in [6.07, 6.45) is 6.19. The van der Waals surface area contributed by atoms with Gasteiger partial charge in [0.1, 0.15) is 5.75 Å². The number of rotatable bonds is 8. The summed E-state index contributed by atoms with van der Waals surface area (Å²) in [7, 11) is 3.36. The molecule has 1 aromatic carbocycles. The maximum Gasteiger partial charge on any atom is 0.253 e. The van der Waals surface area contributed by atoms with Crippen molar-refractivity contribution >= 4 is 17.5 Å². The van der Waals surface area contributed by atoms with E-state index >= 15 is 0 Å². The van der Waals surface area contributed by atoms with E-state index in [2.05, 4.69) is 6.58 Å². The van der Waals surface area contributed by atoms with Crippen molar-refractivity contribution in [2.24, 2.45) is 0 Å². The fourth-order valence-corrected chi connectivity index (χ4v) is 2.12. The van der Waals surface area contributed by atoms with Gasteiger partial charge in [-0.2, -0.15) is 0 Å². The second kappa shape index (κ2) is 8.64. The lowest BCUT2D eigenvalue weighted by molar-refractivity contribution is 0.0792. The monoisotopic (exact) mass is 295 g/mol. The molecule has 0 heterocycles. The molecule has 0 radical (unpaired) electrons. The maximum atomic E-state index is 12.3.